The molecule has 0 aromatic heterocycles. The number of carbonyl (C=O) groups excluding carboxylic acids is 2. The molecule has 0 aliphatic rings. The van der Waals surface area contributed by atoms with Crippen molar-refractivity contribution < 1.29 is 29.0 Å². The van der Waals surface area contributed by atoms with Crippen molar-refractivity contribution in [2.45, 2.75) is 39.2 Å². The van der Waals surface area contributed by atoms with Gasteiger partial charge >= 0.3 is 17.9 Å². The molecular weight excluding hydrogens is 216 g/mol. The number of carboxylic acid groups (broad SMARTS) is 1. The van der Waals surface area contributed by atoms with Crippen LogP contribution in [-0.4, -0.2) is 35.7 Å². The molecule has 0 spiro atoms. The molecule has 0 aliphatic heterocycles. The lowest BCUT2D eigenvalue weighted by Gasteiger charge is -2.11. The topological polar surface area (TPSA) is 89.9 Å². The van der Waals surface area contributed by atoms with Crippen molar-refractivity contribution in [3.8, 4) is 0 Å². The number of hydrogen-bond donors (Lipinski definition) is 1. The van der Waals surface area contributed by atoms with Gasteiger partial charge in [-0.25, -0.2) is 4.79 Å². The molecule has 0 saturated heterocycles. The molecule has 0 radical (unpaired) electrons. The van der Waals surface area contributed by atoms with E-state index < -0.39 is 24.0 Å². The molecular formula is C10H16O6. The lowest BCUT2D eigenvalue weighted by molar-refractivity contribution is -0.166. The second-order valence-electron chi connectivity index (χ2n) is 3.13. The SMILES string of the molecule is CCOC(=O)C(C)OC(=O)CCCC(=O)O. The molecule has 0 heterocycles. The molecule has 0 fully saturated rings. The number of rotatable bonds is 7. The third kappa shape index (κ3) is 6.80. The second kappa shape index (κ2) is 7.67. The van der Waals surface area contributed by atoms with Gasteiger partial charge in [0.15, 0.2) is 6.10 Å². The third-order valence-corrected chi connectivity index (χ3v) is 1.70. The van der Waals surface area contributed by atoms with Gasteiger partial charge in [-0.2, -0.15) is 0 Å². The fourth-order valence-electron chi connectivity index (χ4n) is 0.948. The average molecular weight is 232 g/mol. The first-order chi connectivity index (χ1) is 7.47. The summed E-state index contributed by atoms with van der Waals surface area (Å²) < 4.78 is 9.38. The molecule has 0 amide bonds. The summed E-state index contributed by atoms with van der Waals surface area (Å²) in [5.41, 5.74) is 0. The van der Waals surface area contributed by atoms with E-state index in [-0.39, 0.29) is 25.9 Å². The van der Waals surface area contributed by atoms with Crippen LogP contribution in [0.25, 0.3) is 0 Å². The van der Waals surface area contributed by atoms with Gasteiger partial charge in [0.2, 0.25) is 0 Å². The van der Waals surface area contributed by atoms with Gasteiger partial charge in [0.1, 0.15) is 0 Å². The van der Waals surface area contributed by atoms with Gasteiger partial charge in [0, 0.05) is 12.8 Å². The maximum Gasteiger partial charge on any atom is 0.347 e. The lowest BCUT2D eigenvalue weighted by atomic mass is 10.2. The average Bonchev–Trinajstić information content (AvgIpc) is 2.17. The largest absolute Gasteiger partial charge is 0.481 e. The van der Waals surface area contributed by atoms with Crippen molar-refractivity contribution in [3.05, 3.63) is 0 Å². The zero-order valence-corrected chi connectivity index (χ0v) is 9.39. The molecule has 0 aliphatic carbocycles. The third-order valence-electron chi connectivity index (χ3n) is 1.70. The standard InChI is InChI=1S/C10H16O6/c1-3-15-10(14)7(2)16-9(13)6-4-5-8(11)12/h7H,3-6H2,1-2H3,(H,11,12). The van der Waals surface area contributed by atoms with Gasteiger partial charge < -0.3 is 14.6 Å². The fraction of sp³-hybridized carbons (Fsp3) is 0.700. The maximum atomic E-state index is 11.1. The van der Waals surface area contributed by atoms with Crippen LogP contribution >= 0.6 is 0 Å². The second-order valence-corrected chi connectivity index (χ2v) is 3.13. The van der Waals surface area contributed by atoms with E-state index in [1.165, 1.54) is 6.92 Å². The molecule has 6 heteroatoms. The van der Waals surface area contributed by atoms with Gasteiger partial charge in [0.05, 0.1) is 6.61 Å². The normalized spacial score (nSPS) is 11.6. The van der Waals surface area contributed by atoms with E-state index in [4.69, 9.17) is 9.84 Å². The molecule has 0 aromatic rings. The molecule has 0 aromatic carbocycles. The molecule has 92 valence electrons. The van der Waals surface area contributed by atoms with Gasteiger partial charge in [0.25, 0.3) is 0 Å². The van der Waals surface area contributed by atoms with Gasteiger partial charge in [-0.1, -0.05) is 0 Å². The minimum atomic E-state index is -0.966. The van der Waals surface area contributed by atoms with Crippen LogP contribution in [-0.2, 0) is 23.9 Å². The van der Waals surface area contributed by atoms with Crippen molar-refractivity contribution in [1.29, 1.82) is 0 Å². The summed E-state index contributed by atoms with van der Waals surface area (Å²) in [6.07, 6.45) is -0.861. The van der Waals surface area contributed by atoms with Crippen LogP contribution in [0.1, 0.15) is 33.1 Å². The molecule has 0 saturated carbocycles. The number of carboxylic acids is 1. The van der Waals surface area contributed by atoms with E-state index in [1.807, 2.05) is 0 Å². The Bertz CT molecular complexity index is 260. The van der Waals surface area contributed by atoms with Crippen LogP contribution in [0.5, 0.6) is 0 Å². The summed E-state index contributed by atoms with van der Waals surface area (Å²) in [7, 11) is 0. The quantitative estimate of drug-likeness (QED) is 0.651. The summed E-state index contributed by atoms with van der Waals surface area (Å²) in [5, 5.41) is 8.34. The number of esters is 2. The van der Waals surface area contributed by atoms with Gasteiger partial charge in [-0.05, 0) is 20.3 Å². The number of hydrogen-bond acceptors (Lipinski definition) is 5. The van der Waals surface area contributed by atoms with Crippen molar-refractivity contribution in [2.75, 3.05) is 6.61 Å². The molecule has 0 bridgehead atoms. The number of ether oxygens (including phenoxy) is 2. The monoisotopic (exact) mass is 232 g/mol. The van der Waals surface area contributed by atoms with Crippen molar-refractivity contribution in [1.82, 2.24) is 0 Å². The Hall–Kier alpha value is -1.59. The molecule has 1 atom stereocenters. The van der Waals surface area contributed by atoms with Crippen LogP contribution in [0.3, 0.4) is 0 Å². The summed E-state index contributed by atoms with van der Waals surface area (Å²) in [6, 6.07) is 0. The summed E-state index contributed by atoms with van der Waals surface area (Å²) in [4.78, 5) is 32.4. The molecule has 1 unspecified atom stereocenters. The maximum absolute atomic E-state index is 11.1. The molecule has 6 nitrogen and oxygen atoms in total. The van der Waals surface area contributed by atoms with Crippen molar-refractivity contribution in [3.63, 3.8) is 0 Å². The van der Waals surface area contributed by atoms with E-state index in [1.54, 1.807) is 6.92 Å². The predicted octanol–water partition coefficient (Wildman–Crippen LogP) is 0.736. The van der Waals surface area contributed by atoms with Crippen LogP contribution in [0.4, 0.5) is 0 Å². The van der Waals surface area contributed by atoms with Crippen molar-refractivity contribution in [2.24, 2.45) is 0 Å². The number of carbonyl (C=O) groups is 3. The highest BCUT2D eigenvalue weighted by Gasteiger charge is 2.18. The van der Waals surface area contributed by atoms with Crippen LogP contribution < -0.4 is 0 Å². The van der Waals surface area contributed by atoms with E-state index in [0.29, 0.717) is 0 Å². The van der Waals surface area contributed by atoms with E-state index in [0.717, 1.165) is 0 Å². The first-order valence-electron chi connectivity index (χ1n) is 5.05. The first-order valence-corrected chi connectivity index (χ1v) is 5.05. The van der Waals surface area contributed by atoms with Gasteiger partial charge in [-0.15, -0.1) is 0 Å². The minimum absolute atomic E-state index is 0.0178. The molecule has 16 heavy (non-hydrogen) atoms. The summed E-state index contributed by atoms with van der Waals surface area (Å²) in [5.74, 6) is -2.16. The Kier molecular flexibility index (Phi) is 6.91. The highest BCUT2D eigenvalue weighted by Crippen LogP contribution is 2.02. The number of aliphatic carboxylic acids is 1. The van der Waals surface area contributed by atoms with E-state index in [2.05, 4.69) is 4.74 Å². The van der Waals surface area contributed by atoms with Crippen molar-refractivity contribution >= 4 is 17.9 Å². The molecule has 1 N–H and O–H groups in total. The lowest BCUT2D eigenvalue weighted by Crippen LogP contribution is -2.26. The zero-order chi connectivity index (χ0) is 12.6. The first kappa shape index (κ1) is 14.4. The van der Waals surface area contributed by atoms with Gasteiger partial charge in [-0.3, -0.25) is 9.59 Å². The van der Waals surface area contributed by atoms with Crippen LogP contribution in [0, 0.1) is 0 Å². The Morgan fingerprint density at radius 1 is 1.25 bits per heavy atom. The van der Waals surface area contributed by atoms with E-state index in [9.17, 15) is 14.4 Å². The zero-order valence-electron chi connectivity index (χ0n) is 9.39. The Balaban J connectivity index is 3.77. The van der Waals surface area contributed by atoms with E-state index >= 15 is 0 Å². The fourth-order valence-corrected chi connectivity index (χ4v) is 0.948. The van der Waals surface area contributed by atoms with Crippen LogP contribution in [0.15, 0.2) is 0 Å². The Morgan fingerprint density at radius 3 is 2.38 bits per heavy atom. The summed E-state index contributed by atoms with van der Waals surface area (Å²) >= 11 is 0. The Labute approximate surface area is 93.5 Å². The minimum Gasteiger partial charge on any atom is -0.481 e. The summed E-state index contributed by atoms with van der Waals surface area (Å²) in [6.45, 7) is 3.28. The Morgan fingerprint density at radius 2 is 1.88 bits per heavy atom. The molecule has 0 rings (SSSR count). The predicted molar refractivity (Wildman–Crippen MR) is 53.7 cm³/mol. The smallest absolute Gasteiger partial charge is 0.347 e. The highest BCUT2D eigenvalue weighted by atomic mass is 16.6. The highest BCUT2D eigenvalue weighted by molar-refractivity contribution is 5.79. The van der Waals surface area contributed by atoms with Crippen LogP contribution in [0.2, 0.25) is 0 Å².